The number of nitrogens with two attached hydrogens (primary N) is 1. The largest absolute Gasteiger partial charge is 0.488 e. The van der Waals surface area contributed by atoms with Crippen LogP contribution in [-0.4, -0.2) is 24.7 Å². The number of rotatable bonds is 7. The molecule has 4 nitrogen and oxygen atoms in total. The summed E-state index contributed by atoms with van der Waals surface area (Å²) in [5, 5.41) is 0. The maximum atomic E-state index is 5.91. The van der Waals surface area contributed by atoms with Crippen molar-refractivity contribution in [3.8, 4) is 11.6 Å². The summed E-state index contributed by atoms with van der Waals surface area (Å²) in [6, 6.07) is 3.79. The van der Waals surface area contributed by atoms with Gasteiger partial charge in [0.2, 0.25) is 0 Å². The molecule has 1 aliphatic carbocycles. The lowest BCUT2D eigenvalue weighted by atomic mass is 9.80. The molecule has 0 radical (unpaired) electrons. The Bertz CT molecular complexity index is 398. The molecule has 0 spiro atoms. The molecule has 0 bridgehead atoms. The van der Waals surface area contributed by atoms with E-state index in [1.165, 1.54) is 25.7 Å². The predicted octanol–water partition coefficient (Wildman–Crippen LogP) is 3.01. The van der Waals surface area contributed by atoms with Crippen LogP contribution in [0.1, 0.15) is 39.0 Å². The summed E-state index contributed by atoms with van der Waals surface area (Å²) in [7, 11) is 0. The third-order valence-corrected chi connectivity index (χ3v) is 4.00. The number of nitrogens with zero attached hydrogens (tertiary/aromatic N) is 1. The molecule has 0 amide bonds. The standard InChI is InChI=1S/C16H26N2O2/c1-2-10-19-15-8-5-9-18-16(15)20-12-14-7-4-3-6-13(14)11-17/h5,8-9,13-14H,2-4,6-7,10-12,17H2,1H3. The molecule has 1 aliphatic rings. The Morgan fingerprint density at radius 1 is 1.25 bits per heavy atom. The minimum Gasteiger partial charge on any atom is -0.488 e. The van der Waals surface area contributed by atoms with Crippen LogP contribution in [0.5, 0.6) is 11.6 Å². The molecule has 1 saturated carbocycles. The van der Waals surface area contributed by atoms with Crippen molar-refractivity contribution < 1.29 is 9.47 Å². The Hall–Kier alpha value is -1.29. The molecule has 1 heterocycles. The van der Waals surface area contributed by atoms with Gasteiger partial charge in [-0.3, -0.25) is 0 Å². The van der Waals surface area contributed by atoms with Gasteiger partial charge >= 0.3 is 0 Å². The Balaban J connectivity index is 1.92. The highest BCUT2D eigenvalue weighted by Gasteiger charge is 2.25. The molecule has 2 rings (SSSR count). The second kappa shape index (κ2) is 8.10. The van der Waals surface area contributed by atoms with Gasteiger partial charge in [-0.25, -0.2) is 4.98 Å². The first-order chi connectivity index (χ1) is 9.85. The van der Waals surface area contributed by atoms with Gasteiger partial charge in [0, 0.05) is 6.20 Å². The number of aromatic nitrogens is 1. The average molecular weight is 278 g/mol. The molecule has 0 aromatic carbocycles. The van der Waals surface area contributed by atoms with Gasteiger partial charge in [-0.05, 0) is 49.8 Å². The number of ether oxygens (including phenoxy) is 2. The zero-order valence-corrected chi connectivity index (χ0v) is 12.4. The highest BCUT2D eigenvalue weighted by molar-refractivity contribution is 5.32. The van der Waals surface area contributed by atoms with Crippen molar-refractivity contribution in [2.75, 3.05) is 19.8 Å². The quantitative estimate of drug-likeness (QED) is 0.833. The molecule has 0 saturated heterocycles. The van der Waals surface area contributed by atoms with E-state index < -0.39 is 0 Å². The van der Waals surface area contributed by atoms with Crippen molar-refractivity contribution in [3.05, 3.63) is 18.3 Å². The highest BCUT2D eigenvalue weighted by atomic mass is 16.5. The van der Waals surface area contributed by atoms with E-state index >= 15 is 0 Å². The molecule has 1 aromatic heterocycles. The molecular formula is C16H26N2O2. The van der Waals surface area contributed by atoms with E-state index in [1.807, 2.05) is 12.1 Å². The molecule has 112 valence electrons. The fraction of sp³-hybridized carbons (Fsp3) is 0.688. The molecule has 1 aromatic rings. The summed E-state index contributed by atoms with van der Waals surface area (Å²) in [4.78, 5) is 4.29. The Labute approximate surface area is 121 Å². The van der Waals surface area contributed by atoms with E-state index in [0.717, 1.165) is 18.7 Å². The first kappa shape index (κ1) is 15.1. The van der Waals surface area contributed by atoms with E-state index in [-0.39, 0.29) is 0 Å². The molecule has 4 heteroatoms. The zero-order valence-electron chi connectivity index (χ0n) is 12.4. The van der Waals surface area contributed by atoms with Crippen LogP contribution in [0.25, 0.3) is 0 Å². The number of pyridine rings is 1. The molecule has 2 unspecified atom stereocenters. The van der Waals surface area contributed by atoms with Crippen molar-refractivity contribution in [3.63, 3.8) is 0 Å². The minimum absolute atomic E-state index is 0.551. The normalized spacial score (nSPS) is 22.5. The summed E-state index contributed by atoms with van der Waals surface area (Å²) in [5.74, 6) is 2.50. The molecule has 1 fully saturated rings. The third-order valence-electron chi connectivity index (χ3n) is 4.00. The molecular weight excluding hydrogens is 252 g/mol. The van der Waals surface area contributed by atoms with Crippen molar-refractivity contribution in [2.24, 2.45) is 17.6 Å². The maximum absolute atomic E-state index is 5.91. The van der Waals surface area contributed by atoms with E-state index in [2.05, 4.69) is 11.9 Å². The summed E-state index contributed by atoms with van der Waals surface area (Å²) < 4.78 is 11.6. The van der Waals surface area contributed by atoms with Crippen LogP contribution in [0.3, 0.4) is 0 Å². The van der Waals surface area contributed by atoms with E-state index in [0.29, 0.717) is 30.9 Å². The highest BCUT2D eigenvalue weighted by Crippen LogP contribution is 2.31. The van der Waals surface area contributed by atoms with Gasteiger partial charge in [0.15, 0.2) is 5.75 Å². The predicted molar refractivity (Wildman–Crippen MR) is 80.0 cm³/mol. The van der Waals surface area contributed by atoms with Crippen molar-refractivity contribution in [2.45, 2.75) is 39.0 Å². The van der Waals surface area contributed by atoms with E-state index in [4.69, 9.17) is 15.2 Å². The summed E-state index contributed by atoms with van der Waals surface area (Å²) >= 11 is 0. The fourth-order valence-electron chi connectivity index (χ4n) is 2.81. The first-order valence-corrected chi connectivity index (χ1v) is 7.75. The van der Waals surface area contributed by atoms with Crippen molar-refractivity contribution in [1.29, 1.82) is 0 Å². The first-order valence-electron chi connectivity index (χ1n) is 7.75. The maximum Gasteiger partial charge on any atom is 0.256 e. The Morgan fingerprint density at radius 3 is 2.80 bits per heavy atom. The van der Waals surface area contributed by atoms with Crippen LogP contribution in [0.15, 0.2) is 18.3 Å². The lowest BCUT2D eigenvalue weighted by Crippen LogP contribution is -2.30. The van der Waals surface area contributed by atoms with Crippen LogP contribution in [0, 0.1) is 11.8 Å². The molecule has 2 atom stereocenters. The molecule has 20 heavy (non-hydrogen) atoms. The van der Waals surface area contributed by atoms with Gasteiger partial charge in [-0.1, -0.05) is 19.8 Å². The van der Waals surface area contributed by atoms with E-state index in [1.54, 1.807) is 6.20 Å². The smallest absolute Gasteiger partial charge is 0.256 e. The summed E-state index contributed by atoms with van der Waals surface area (Å²) in [5.41, 5.74) is 5.86. The topological polar surface area (TPSA) is 57.4 Å². The van der Waals surface area contributed by atoms with Crippen LogP contribution in [0.2, 0.25) is 0 Å². The lowest BCUT2D eigenvalue weighted by molar-refractivity contribution is 0.144. The van der Waals surface area contributed by atoms with Gasteiger partial charge in [-0.15, -0.1) is 0 Å². The van der Waals surface area contributed by atoms with Crippen LogP contribution < -0.4 is 15.2 Å². The number of hydrogen-bond donors (Lipinski definition) is 1. The second-order valence-electron chi connectivity index (χ2n) is 5.51. The Morgan fingerprint density at radius 2 is 2.05 bits per heavy atom. The molecule has 2 N–H and O–H groups in total. The average Bonchev–Trinajstić information content (AvgIpc) is 2.52. The summed E-state index contributed by atoms with van der Waals surface area (Å²) in [6.07, 6.45) is 7.74. The third kappa shape index (κ3) is 4.10. The fourth-order valence-corrected chi connectivity index (χ4v) is 2.81. The van der Waals surface area contributed by atoms with Crippen LogP contribution in [-0.2, 0) is 0 Å². The van der Waals surface area contributed by atoms with Gasteiger partial charge in [-0.2, -0.15) is 0 Å². The van der Waals surface area contributed by atoms with Gasteiger partial charge in [0.1, 0.15) is 0 Å². The van der Waals surface area contributed by atoms with Crippen molar-refractivity contribution in [1.82, 2.24) is 4.98 Å². The number of hydrogen-bond acceptors (Lipinski definition) is 4. The van der Waals surface area contributed by atoms with Crippen molar-refractivity contribution >= 4 is 0 Å². The van der Waals surface area contributed by atoms with E-state index in [9.17, 15) is 0 Å². The van der Waals surface area contributed by atoms with Crippen LogP contribution in [0.4, 0.5) is 0 Å². The minimum atomic E-state index is 0.551. The zero-order chi connectivity index (χ0) is 14.2. The van der Waals surface area contributed by atoms with Gasteiger partial charge < -0.3 is 15.2 Å². The lowest BCUT2D eigenvalue weighted by Gasteiger charge is -2.30. The van der Waals surface area contributed by atoms with Gasteiger partial charge in [0.25, 0.3) is 5.88 Å². The SMILES string of the molecule is CCCOc1cccnc1OCC1CCCCC1CN. The second-order valence-corrected chi connectivity index (χ2v) is 5.51. The van der Waals surface area contributed by atoms with Crippen LogP contribution >= 0.6 is 0 Å². The monoisotopic (exact) mass is 278 g/mol. The Kier molecular flexibility index (Phi) is 6.12. The molecule has 0 aliphatic heterocycles. The van der Waals surface area contributed by atoms with Gasteiger partial charge in [0.05, 0.1) is 13.2 Å². The summed E-state index contributed by atoms with van der Waals surface area (Å²) in [6.45, 7) is 4.23.